The Labute approximate surface area is 96.4 Å². The molecule has 0 aliphatic carbocycles. The van der Waals surface area contributed by atoms with E-state index in [1.807, 2.05) is 26.0 Å². The fourth-order valence-electron chi connectivity index (χ4n) is 1.83. The molecule has 0 fully saturated rings. The SMILES string of the molecule is Cc1cccc(-c2cc(C)c(C)c(O)c2)c1. The van der Waals surface area contributed by atoms with E-state index in [1.165, 1.54) is 5.56 Å². The predicted octanol–water partition coefficient (Wildman–Crippen LogP) is 3.98. The Kier molecular flexibility index (Phi) is 2.69. The van der Waals surface area contributed by atoms with Gasteiger partial charge in [0.05, 0.1) is 0 Å². The Morgan fingerprint density at radius 2 is 1.62 bits per heavy atom. The topological polar surface area (TPSA) is 20.2 Å². The molecule has 0 unspecified atom stereocenters. The van der Waals surface area contributed by atoms with E-state index < -0.39 is 0 Å². The molecular formula is C15H16O. The number of hydrogen-bond donors (Lipinski definition) is 1. The van der Waals surface area contributed by atoms with Crippen molar-refractivity contribution in [1.82, 2.24) is 0 Å². The van der Waals surface area contributed by atoms with Gasteiger partial charge in [-0.25, -0.2) is 0 Å². The Morgan fingerprint density at radius 1 is 0.875 bits per heavy atom. The molecule has 0 bridgehead atoms. The van der Waals surface area contributed by atoms with Gasteiger partial charge in [0.2, 0.25) is 0 Å². The van der Waals surface area contributed by atoms with Crippen LogP contribution < -0.4 is 0 Å². The van der Waals surface area contributed by atoms with Gasteiger partial charge in [-0.2, -0.15) is 0 Å². The normalized spacial score (nSPS) is 10.4. The largest absolute Gasteiger partial charge is 0.508 e. The van der Waals surface area contributed by atoms with Crippen LogP contribution in [0.2, 0.25) is 0 Å². The molecule has 1 heteroatoms. The third-order valence-corrected chi connectivity index (χ3v) is 2.99. The van der Waals surface area contributed by atoms with E-state index in [0.29, 0.717) is 5.75 Å². The van der Waals surface area contributed by atoms with Crippen molar-refractivity contribution in [2.45, 2.75) is 20.8 Å². The van der Waals surface area contributed by atoms with E-state index in [1.54, 1.807) is 0 Å². The third kappa shape index (κ3) is 1.94. The highest BCUT2D eigenvalue weighted by molar-refractivity contribution is 5.67. The van der Waals surface area contributed by atoms with Gasteiger partial charge < -0.3 is 5.11 Å². The highest BCUT2D eigenvalue weighted by Gasteiger charge is 2.04. The maximum Gasteiger partial charge on any atom is 0.119 e. The van der Waals surface area contributed by atoms with Crippen LogP contribution in [0.15, 0.2) is 36.4 Å². The number of aryl methyl sites for hydroxylation is 2. The Bertz CT molecular complexity index is 504. The van der Waals surface area contributed by atoms with Crippen LogP contribution in [-0.2, 0) is 0 Å². The minimum absolute atomic E-state index is 0.372. The van der Waals surface area contributed by atoms with Crippen molar-refractivity contribution in [3.8, 4) is 16.9 Å². The average molecular weight is 212 g/mol. The fraction of sp³-hybridized carbons (Fsp3) is 0.200. The van der Waals surface area contributed by atoms with Crippen LogP contribution in [0.5, 0.6) is 5.75 Å². The first-order chi connectivity index (χ1) is 7.58. The summed E-state index contributed by atoms with van der Waals surface area (Å²) in [4.78, 5) is 0. The lowest BCUT2D eigenvalue weighted by Gasteiger charge is -2.08. The summed E-state index contributed by atoms with van der Waals surface area (Å²) in [5.41, 5.74) is 5.53. The Hall–Kier alpha value is -1.76. The van der Waals surface area contributed by atoms with E-state index >= 15 is 0 Å². The molecule has 0 aliphatic heterocycles. The molecule has 0 spiro atoms. The molecule has 2 aromatic rings. The van der Waals surface area contributed by atoms with Gasteiger partial charge in [0.15, 0.2) is 0 Å². The van der Waals surface area contributed by atoms with Crippen LogP contribution in [0.4, 0.5) is 0 Å². The van der Waals surface area contributed by atoms with Crippen molar-refractivity contribution in [2.24, 2.45) is 0 Å². The molecular weight excluding hydrogens is 196 g/mol. The van der Waals surface area contributed by atoms with Crippen molar-refractivity contribution in [2.75, 3.05) is 0 Å². The van der Waals surface area contributed by atoms with Gasteiger partial charge in [-0.3, -0.25) is 0 Å². The molecule has 0 saturated carbocycles. The molecule has 16 heavy (non-hydrogen) atoms. The molecule has 0 heterocycles. The van der Waals surface area contributed by atoms with Crippen molar-refractivity contribution >= 4 is 0 Å². The van der Waals surface area contributed by atoms with E-state index in [-0.39, 0.29) is 0 Å². The first-order valence-electron chi connectivity index (χ1n) is 5.45. The zero-order chi connectivity index (χ0) is 11.7. The van der Waals surface area contributed by atoms with Crippen LogP contribution in [0.3, 0.4) is 0 Å². The van der Waals surface area contributed by atoms with E-state index in [4.69, 9.17) is 0 Å². The lowest BCUT2D eigenvalue weighted by molar-refractivity contribution is 0.471. The maximum absolute atomic E-state index is 9.81. The molecule has 0 radical (unpaired) electrons. The average Bonchev–Trinajstić information content (AvgIpc) is 2.25. The first kappa shape index (κ1) is 10.7. The lowest BCUT2D eigenvalue weighted by Crippen LogP contribution is -1.85. The van der Waals surface area contributed by atoms with Crippen molar-refractivity contribution < 1.29 is 5.11 Å². The predicted molar refractivity (Wildman–Crippen MR) is 67.8 cm³/mol. The number of rotatable bonds is 1. The van der Waals surface area contributed by atoms with Gasteiger partial charge in [-0.1, -0.05) is 35.9 Å². The summed E-state index contributed by atoms with van der Waals surface area (Å²) in [5.74, 6) is 0.372. The van der Waals surface area contributed by atoms with Crippen molar-refractivity contribution in [3.63, 3.8) is 0 Å². The van der Waals surface area contributed by atoms with E-state index in [0.717, 1.165) is 22.3 Å². The molecule has 0 atom stereocenters. The zero-order valence-corrected chi connectivity index (χ0v) is 9.91. The number of phenols is 1. The summed E-state index contributed by atoms with van der Waals surface area (Å²) >= 11 is 0. The second kappa shape index (κ2) is 4.01. The van der Waals surface area contributed by atoms with Crippen LogP contribution in [0, 0.1) is 20.8 Å². The third-order valence-electron chi connectivity index (χ3n) is 2.99. The fourth-order valence-corrected chi connectivity index (χ4v) is 1.83. The van der Waals surface area contributed by atoms with Crippen LogP contribution in [0.25, 0.3) is 11.1 Å². The minimum atomic E-state index is 0.372. The van der Waals surface area contributed by atoms with Gasteiger partial charge in [-0.15, -0.1) is 0 Å². The van der Waals surface area contributed by atoms with Crippen LogP contribution in [0.1, 0.15) is 16.7 Å². The zero-order valence-electron chi connectivity index (χ0n) is 9.91. The summed E-state index contributed by atoms with van der Waals surface area (Å²) in [5, 5.41) is 9.81. The quantitative estimate of drug-likeness (QED) is 0.758. The summed E-state index contributed by atoms with van der Waals surface area (Å²) in [6.45, 7) is 6.03. The molecule has 2 rings (SSSR count). The molecule has 0 saturated heterocycles. The van der Waals surface area contributed by atoms with Crippen molar-refractivity contribution in [1.29, 1.82) is 0 Å². The second-order valence-corrected chi connectivity index (χ2v) is 4.31. The molecule has 0 aromatic heterocycles. The monoisotopic (exact) mass is 212 g/mol. The number of aromatic hydroxyl groups is 1. The molecule has 82 valence electrons. The number of hydrogen-bond acceptors (Lipinski definition) is 1. The van der Waals surface area contributed by atoms with E-state index in [9.17, 15) is 5.11 Å². The van der Waals surface area contributed by atoms with E-state index in [2.05, 4.69) is 31.2 Å². The van der Waals surface area contributed by atoms with Crippen LogP contribution in [-0.4, -0.2) is 5.11 Å². The molecule has 1 nitrogen and oxygen atoms in total. The highest BCUT2D eigenvalue weighted by Crippen LogP contribution is 2.29. The number of phenolic OH excluding ortho intramolecular Hbond substituents is 1. The summed E-state index contributed by atoms with van der Waals surface area (Å²) in [6, 6.07) is 12.3. The second-order valence-electron chi connectivity index (χ2n) is 4.31. The summed E-state index contributed by atoms with van der Waals surface area (Å²) in [7, 11) is 0. The van der Waals surface area contributed by atoms with Crippen molar-refractivity contribution in [3.05, 3.63) is 53.1 Å². The van der Waals surface area contributed by atoms with Gasteiger partial charge in [0.1, 0.15) is 5.75 Å². The molecule has 1 N–H and O–H groups in total. The Balaban J connectivity index is 2.57. The molecule has 2 aromatic carbocycles. The summed E-state index contributed by atoms with van der Waals surface area (Å²) < 4.78 is 0. The smallest absolute Gasteiger partial charge is 0.119 e. The van der Waals surface area contributed by atoms with Gasteiger partial charge in [0.25, 0.3) is 0 Å². The van der Waals surface area contributed by atoms with Gasteiger partial charge in [0, 0.05) is 0 Å². The van der Waals surface area contributed by atoms with Gasteiger partial charge >= 0.3 is 0 Å². The number of benzene rings is 2. The maximum atomic E-state index is 9.81. The minimum Gasteiger partial charge on any atom is -0.508 e. The Morgan fingerprint density at radius 3 is 2.25 bits per heavy atom. The highest BCUT2D eigenvalue weighted by atomic mass is 16.3. The van der Waals surface area contributed by atoms with Gasteiger partial charge in [-0.05, 0) is 49.1 Å². The first-order valence-corrected chi connectivity index (χ1v) is 5.45. The summed E-state index contributed by atoms with van der Waals surface area (Å²) in [6.07, 6.45) is 0. The van der Waals surface area contributed by atoms with Crippen LogP contribution >= 0.6 is 0 Å². The molecule has 0 aliphatic rings. The molecule has 0 amide bonds. The lowest BCUT2D eigenvalue weighted by atomic mass is 9.98. The standard InChI is InChI=1S/C15H16O/c1-10-5-4-6-13(7-10)14-8-11(2)12(3)15(16)9-14/h4-9,16H,1-3H3.